The summed E-state index contributed by atoms with van der Waals surface area (Å²) in [7, 11) is 0. The van der Waals surface area contributed by atoms with Crippen molar-refractivity contribution in [3.05, 3.63) is 186 Å². The Kier molecular flexibility index (Phi) is 52.2. The van der Waals surface area contributed by atoms with E-state index in [1.807, 2.05) is 0 Å². The molecule has 486 valence electrons. The summed E-state index contributed by atoms with van der Waals surface area (Å²) in [5.41, 5.74) is 24.3. The van der Waals surface area contributed by atoms with E-state index in [9.17, 15) is 0 Å². The van der Waals surface area contributed by atoms with Crippen LogP contribution in [-0.4, -0.2) is 11.7 Å². The molecule has 0 aromatic carbocycles. The molecular formula is C85H140O. The summed E-state index contributed by atoms with van der Waals surface area (Å²) in [4.78, 5) is 0. The first-order chi connectivity index (χ1) is 41.1. The van der Waals surface area contributed by atoms with Crippen molar-refractivity contribution in [2.24, 2.45) is 5.92 Å². The molecule has 0 amide bonds. The predicted octanol–water partition coefficient (Wildman–Crippen LogP) is 28.6. The lowest BCUT2D eigenvalue weighted by atomic mass is 10.0. The third-order valence-corrected chi connectivity index (χ3v) is 17.3. The van der Waals surface area contributed by atoms with E-state index in [0.717, 1.165) is 109 Å². The fourth-order valence-corrected chi connectivity index (χ4v) is 10.7. The van der Waals surface area contributed by atoms with Gasteiger partial charge in [0.15, 0.2) is 0 Å². The molecule has 1 atom stereocenters. The minimum absolute atomic E-state index is 0.309. The van der Waals surface area contributed by atoms with Crippen molar-refractivity contribution in [3.63, 3.8) is 0 Å². The summed E-state index contributed by atoms with van der Waals surface area (Å²) in [6.07, 6.45) is 77.4. The van der Waals surface area contributed by atoms with Crippen LogP contribution in [-0.2, 0) is 0 Å². The van der Waals surface area contributed by atoms with Crippen molar-refractivity contribution < 1.29 is 5.11 Å². The van der Waals surface area contributed by atoms with E-state index in [-0.39, 0.29) is 0 Å². The van der Waals surface area contributed by atoms with Crippen molar-refractivity contribution in [1.29, 1.82) is 0 Å². The zero-order chi connectivity index (χ0) is 64.2. The van der Waals surface area contributed by atoms with Crippen LogP contribution >= 0.6 is 0 Å². The molecule has 0 aliphatic heterocycles. The van der Waals surface area contributed by atoms with Crippen molar-refractivity contribution in [2.45, 2.75) is 337 Å². The number of hydrogen-bond donors (Lipinski definition) is 1. The van der Waals surface area contributed by atoms with Gasteiger partial charge in [0.25, 0.3) is 0 Å². The second kappa shape index (κ2) is 54.9. The van der Waals surface area contributed by atoms with E-state index in [1.165, 1.54) is 192 Å². The van der Waals surface area contributed by atoms with Gasteiger partial charge in [-0.2, -0.15) is 0 Å². The average Bonchev–Trinajstić information content (AvgIpc) is 3.43. The maximum absolute atomic E-state index is 9.10. The molecule has 0 rings (SSSR count). The molecular weight excluding hydrogens is 1040 g/mol. The Morgan fingerprint density at radius 3 is 0.453 bits per heavy atom. The molecule has 1 unspecified atom stereocenters. The lowest BCUT2D eigenvalue weighted by Gasteiger charge is -2.07. The van der Waals surface area contributed by atoms with E-state index >= 15 is 0 Å². The minimum Gasteiger partial charge on any atom is -0.396 e. The van der Waals surface area contributed by atoms with Crippen molar-refractivity contribution in [2.75, 3.05) is 6.61 Å². The minimum atomic E-state index is 0.309. The normalized spacial score (nSPS) is 15.4. The largest absolute Gasteiger partial charge is 0.396 e. The van der Waals surface area contributed by atoms with Crippen LogP contribution in [0.4, 0.5) is 0 Å². The highest BCUT2D eigenvalue weighted by Gasteiger charge is 2.03. The summed E-state index contributed by atoms with van der Waals surface area (Å²) in [5.74, 6) is 0.612. The van der Waals surface area contributed by atoms with Gasteiger partial charge in [0.05, 0.1) is 0 Å². The molecule has 0 aromatic rings. The van der Waals surface area contributed by atoms with Gasteiger partial charge in [-0.25, -0.2) is 0 Å². The third kappa shape index (κ3) is 55.1. The van der Waals surface area contributed by atoms with Crippen LogP contribution in [0.25, 0.3) is 0 Å². The summed E-state index contributed by atoms with van der Waals surface area (Å²) < 4.78 is 0. The number of allylic oxidation sites excluding steroid dienone is 32. The molecule has 0 fully saturated rings. The maximum Gasteiger partial charge on any atom is 0.0433 e. The highest BCUT2D eigenvalue weighted by atomic mass is 16.3. The summed E-state index contributed by atoms with van der Waals surface area (Å²) in [5, 5.41) is 9.10. The van der Waals surface area contributed by atoms with Gasteiger partial charge < -0.3 is 5.11 Å². The lowest BCUT2D eigenvalue weighted by molar-refractivity contribution is 0.259. The molecule has 0 aromatic heterocycles. The molecule has 0 heterocycles. The number of rotatable bonds is 50. The highest BCUT2D eigenvalue weighted by molar-refractivity contribution is 5.14. The molecule has 0 bridgehead atoms. The van der Waals surface area contributed by atoms with E-state index in [2.05, 4.69) is 222 Å². The first-order valence-corrected chi connectivity index (χ1v) is 35.2. The fourth-order valence-electron chi connectivity index (χ4n) is 10.7. The monoisotopic (exact) mass is 1180 g/mol. The van der Waals surface area contributed by atoms with Crippen LogP contribution in [0.2, 0.25) is 0 Å². The van der Waals surface area contributed by atoms with Gasteiger partial charge in [0, 0.05) is 6.61 Å². The van der Waals surface area contributed by atoms with E-state index in [1.54, 1.807) is 0 Å². The Morgan fingerprint density at radius 2 is 0.326 bits per heavy atom. The van der Waals surface area contributed by atoms with Gasteiger partial charge in [-0.15, -0.1) is 0 Å². The van der Waals surface area contributed by atoms with Crippen molar-refractivity contribution in [3.8, 4) is 0 Å². The second-order valence-electron chi connectivity index (χ2n) is 27.3. The van der Waals surface area contributed by atoms with Crippen LogP contribution in [0.1, 0.15) is 337 Å². The number of aliphatic hydroxyl groups excluding tert-OH is 1. The molecule has 1 nitrogen and oxygen atoms in total. The zero-order valence-electron chi connectivity index (χ0n) is 60.3. The molecule has 0 radical (unpaired) electrons. The summed E-state index contributed by atoms with van der Waals surface area (Å²) in [6, 6.07) is 0. The molecule has 1 heteroatoms. The Morgan fingerprint density at radius 1 is 0.198 bits per heavy atom. The fraction of sp³-hybridized carbons (Fsp3) is 0.624. The van der Waals surface area contributed by atoms with Gasteiger partial charge >= 0.3 is 0 Å². The summed E-state index contributed by atoms with van der Waals surface area (Å²) in [6.45, 7) is 41.5. The van der Waals surface area contributed by atoms with E-state index < -0.39 is 0 Å². The Bertz CT molecular complexity index is 2340. The van der Waals surface area contributed by atoms with Gasteiger partial charge in [-0.3, -0.25) is 0 Å². The summed E-state index contributed by atoms with van der Waals surface area (Å²) >= 11 is 0. The van der Waals surface area contributed by atoms with Crippen LogP contribution in [0, 0.1) is 5.92 Å². The third-order valence-electron chi connectivity index (χ3n) is 17.3. The average molecular weight is 1180 g/mol. The first kappa shape index (κ1) is 81.8. The SMILES string of the molecule is CC(C)=CCCC(C)=CCCC(C)=CCCC(C)=CCCC(C)=CCCC(C)=CCCC(C)=CCCC(C)=CCCC(C)=CCCC(C)=CCCC(C)=CCCC(C)=CCCC(C)=CCCC(C)=CCCC(C)=CCCC(C)=CCCC(C)CCO. The quantitative estimate of drug-likeness (QED) is 0.0602. The highest BCUT2D eigenvalue weighted by Crippen LogP contribution is 2.22. The van der Waals surface area contributed by atoms with Gasteiger partial charge in [-0.1, -0.05) is 193 Å². The smallest absolute Gasteiger partial charge is 0.0433 e. The number of hydrogen-bond acceptors (Lipinski definition) is 1. The molecule has 0 saturated carbocycles. The standard InChI is InChI=1S/C85H140O/c1-69(2)35-19-36-70(3)37-20-38-71(4)39-21-40-72(5)41-22-42-73(6)43-23-44-74(7)45-24-46-75(8)47-25-48-76(9)49-26-50-77(10)51-27-52-78(11)53-28-54-79(12)55-29-56-80(13)57-30-58-81(14)59-31-60-82(15)61-32-62-83(16)63-33-64-84(17)65-34-66-85(18)67-68-86/h35,37,39,41,43,45,47,49,51,53,55,57,59,61,63,65,85-86H,19-34,36,38,40,42,44,46,48,50,52,54,56,58,60,62,64,66-68H2,1-18H3. The van der Waals surface area contributed by atoms with Gasteiger partial charge in [0.2, 0.25) is 0 Å². The molecule has 86 heavy (non-hydrogen) atoms. The van der Waals surface area contributed by atoms with Crippen LogP contribution in [0.5, 0.6) is 0 Å². The second-order valence-corrected chi connectivity index (χ2v) is 27.3. The first-order valence-electron chi connectivity index (χ1n) is 35.2. The molecule has 0 aliphatic carbocycles. The van der Waals surface area contributed by atoms with Gasteiger partial charge in [-0.05, 0) is 336 Å². The molecule has 0 saturated heterocycles. The van der Waals surface area contributed by atoms with Crippen molar-refractivity contribution in [1.82, 2.24) is 0 Å². The Hall–Kier alpha value is -4.20. The van der Waals surface area contributed by atoms with Gasteiger partial charge in [0.1, 0.15) is 0 Å². The van der Waals surface area contributed by atoms with Crippen LogP contribution in [0.3, 0.4) is 0 Å². The van der Waals surface area contributed by atoms with Crippen LogP contribution < -0.4 is 0 Å². The maximum atomic E-state index is 9.10. The molecule has 0 aliphatic rings. The van der Waals surface area contributed by atoms with Crippen molar-refractivity contribution >= 4 is 0 Å². The molecule has 0 spiro atoms. The van der Waals surface area contributed by atoms with Crippen LogP contribution in [0.15, 0.2) is 186 Å². The topological polar surface area (TPSA) is 20.2 Å². The Labute approximate surface area is 537 Å². The van der Waals surface area contributed by atoms with E-state index in [4.69, 9.17) is 5.11 Å². The Balaban J connectivity index is 4.33. The zero-order valence-corrected chi connectivity index (χ0v) is 60.3. The number of aliphatic hydroxyl groups is 1. The lowest BCUT2D eigenvalue weighted by Crippen LogP contribution is -1.97. The van der Waals surface area contributed by atoms with E-state index in [0.29, 0.717) is 12.5 Å². The molecule has 1 N–H and O–H groups in total. The predicted molar refractivity (Wildman–Crippen MR) is 394 cm³/mol.